The van der Waals surface area contributed by atoms with Gasteiger partial charge in [0.1, 0.15) is 12.2 Å². The molecule has 1 amide bonds. The summed E-state index contributed by atoms with van der Waals surface area (Å²) < 4.78 is 40.7. The van der Waals surface area contributed by atoms with Crippen molar-refractivity contribution in [2.45, 2.75) is 26.3 Å². The predicted molar refractivity (Wildman–Crippen MR) is 91.2 cm³/mol. The topological polar surface area (TPSA) is 81.5 Å². The first-order chi connectivity index (χ1) is 12.7. The van der Waals surface area contributed by atoms with E-state index >= 15 is 0 Å². The van der Waals surface area contributed by atoms with Crippen LogP contribution < -0.4 is 5.32 Å². The number of carbonyl (C=O) groups excluding carboxylic acids is 1. The Balaban J connectivity index is 1.94. The van der Waals surface area contributed by atoms with Gasteiger partial charge in [0.15, 0.2) is 0 Å². The monoisotopic (exact) mass is 382 g/mol. The average molecular weight is 382 g/mol. The molecule has 0 aliphatic heterocycles. The van der Waals surface area contributed by atoms with E-state index in [1.807, 2.05) is 0 Å². The SMILES string of the molecule is Cc1cccc(C(=O)NCc2ccc(COCC(F)(F)F)cc2)c1[N+](=O)[O-]. The number of carbonyl (C=O) groups is 1. The number of rotatable bonds is 7. The number of nitrogens with zero attached hydrogens (tertiary/aromatic N) is 1. The van der Waals surface area contributed by atoms with Gasteiger partial charge in [-0.05, 0) is 24.1 Å². The molecule has 0 bridgehead atoms. The summed E-state index contributed by atoms with van der Waals surface area (Å²) in [4.78, 5) is 22.8. The fraction of sp³-hybridized carbons (Fsp3) is 0.278. The lowest BCUT2D eigenvalue weighted by molar-refractivity contribution is -0.385. The van der Waals surface area contributed by atoms with Gasteiger partial charge in [0.05, 0.1) is 11.5 Å². The average Bonchev–Trinajstić information content (AvgIpc) is 2.59. The molecule has 0 fully saturated rings. The molecule has 0 aromatic heterocycles. The molecule has 0 unspecified atom stereocenters. The summed E-state index contributed by atoms with van der Waals surface area (Å²) in [5, 5.41) is 13.7. The molecule has 6 nitrogen and oxygen atoms in total. The van der Waals surface area contributed by atoms with Gasteiger partial charge in [0, 0.05) is 12.1 Å². The predicted octanol–water partition coefficient (Wildman–Crippen LogP) is 3.91. The van der Waals surface area contributed by atoms with Crippen LogP contribution in [0.3, 0.4) is 0 Å². The van der Waals surface area contributed by atoms with E-state index in [1.54, 1.807) is 43.3 Å². The Labute approximate surface area is 153 Å². The van der Waals surface area contributed by atoms with Crippen LogP contribution in [0.25, 0.3) is 0 Å². The van der Waals surface area contributed by atoms with Crippen molar-refractivity contribution in [1.82, 2.24) is 5.32 Å². The number of nitro benzene ring substituents is 1. The zero-order valence-electron chi connectivity index (χ0n) is 14.4. The molecule has 0 spiro atoms. The van der Waals surface area contributed by atoms with Crippen LogP contribution in [0.15, 0.2) is 42.5 Å². The number of nitrogens with one attached hydrogen (secondary N) is 1. The molecule has 144 valence electrons. The number of hydrogen-bond acceptors (Lipinski definition) is 4. The summed E-state index contributed by atoms with van der Waals surface area (Å²) in [5.41, 5.74) is 1.36. The van der Waals surface area contributed by atoms with Gasteiger partial charge < -0.3 is 10.1 Å². The Morgan fingerprint density at radius 2 is 1.78 bits per heavy atom. The number of ether oxygens (including phenoxy) is 1. The number of hydrogen-bond donors (Lipinski definition) is 1. The summed E-state index contributed by atoms with van der Waals surface area (Å²) >= 11 is 0. The molecule has 0 saturated heterocycles. The van der Waals surface area contributed by atoms with Crippen molar-refractivity contribution in [3.8, 4) is 0 Å². The van der Waals surface area contributed by atoms with Crippen LogP contribution in [0, 0.1) is 17.0 Å². The second-order valence-corrected chi connectivity index (χ2v) is 5.84. The first kappa shape index (κ1) is 20.4. The summed E-state index contributed by atoms with van der Waals surface area (Å²) in [7, 11) is 0. The van der Waals surface area contributed by atoms with Gasteiger partial charge in [-0.25, -0.2) is 0 Å². The number of alkyl halides is 3. The lowest BCUT2D eigenvalue weighted by atomic mass is 10.1. The summed E-state index contributed by atoms with van der Waals surface area (Å²) in [6.45, 7) is 0.170. The van der Waals surface area contributed by atoms with Crippen molar-refractivity contribution >= 4 is 11.6 Å². The van der Waals surface area contributed by atoms with E-state index in [2.05, 4.69) is 10.1 Å². The largest absolute Gasteiger partial charge is 0.411 e. The van der Waals surface area contributed by atoms with E-state index in [0.29, 0.717) is 16.7 Å². The van der Waals surface area contributed by atoms with E-state index in [-0.39, 0.29) is 24.4 Å². The lowest BCUT2D eigenvalue weighted by Crippen LogP contribution is -2.24. The number of halogens is 3. The highest BCUT2D eigenvalue weighted by molar-refractivity contribution is 5.98. The van der Waals surface area contributed by atoms with Crippen molar-refractivity contribution in [2.75, 3.05) is 6.61 Å². The molecule has 0 radical (unpaired) electrons. The Hall–Kier alpha value is -2.94. The highest BCUT2D eigenvalue weighted by Gasteiger charge is 2.27. The minimum Gasteiger partial charge on any atom is -0.367 e. The fourth-order valence-electron chi connectivity index (χ4n) is 2.40. The maximum Gasteiger partial charge on any atom is 0.411 e. The molecular formula is C18H17F3N2O4. The first-order valence-electron chi connectivity index (χ1n) is 7.92. The third-order valence-corrected chi connectivity index (χ3v) is 3.68. The van der Waals surface area contributed by atoms with E-state index < -0.39 is 23.6 Å². The standard InChI is InChI=1S/C18H17F3N2O4/c1-12-3-2-4-15(16(12)23(25)26)17(24)22-9-13-5-7-14(8-6-13)10-27-11-18(19,20)21/h2-8H,9-11H2,1H3,(H,22,24). The zero-order valence-corrected chi connectivity index (χ0v) is 14.4. The third kappa shape index (κ3) is 6.07. The maximum atomic E-state index is 12.3. The second-order valence-electron chi connectivity index (χ2n) is 5.84. The van der Waals surface area contributed by atoms with Crippen molar-refractivity contribution in [1.29, 1.82) is 0 Å². The van der Waals surface area contributed by atoms with Crippen LogP contribution >= 0.6 is 0 Å². The third-order valence-electron chi connectivity index (χ3n) is 3.68. The second kappa shape index (κ2) is 8.63. The minimum absolute atomic E-state index is 0.0304. The van der Waals surface area contributed by atoms with Crippen LogP contribution in [0.2, 0.25) is 0 Å². The number of aryl methyl sites for hydroxylation is 1. The van der Waals surface area contributed by atoms with Crippen LogP contribution in [0.1, 0.15) is 27.0 Å². The molecule has 27 heavy (non-hydrogen) atoms. The van der Waals surface area contributed by atoms with Gasteiger partial charge in [-0.15, -0.1) is 0 Å². The van der Waals surface area contributed by atoms with Gasteiger partial charge in [-0.2, -0.15) is 13.2 Å². The summed E-state index contributed by atoms with van der Waals surface area (Å²) in [5.74, 6) is -0.581. The molecule has 0 atom stereocenters. The van der Waals surface area contributed by atoms with Gasteiger partial charge in [-0.1, -0.05) is 36.4 Å². The number of amides is 1. The van der Waals surface area contributed by atoms with E-state index in [4.69, 9.17) is 0 Å². The lowest BCUT2D eigenvalue weighted by Gasteiger charge is -2.09. The minimum atomic E-state index is -4.37. The Bertz CT molecular complexity index is 820. The van der Waals surface area contributed by atoms with Gasteiger partial charge in [-0.3, -0.25) is 14.9 Å². The van der Waals surface area contributed by atoms with Crippen LogP contribution in [-0.2, 0) is 17.9 Å². The first-order valence-corrected chi connectivity index (χ1v) is 7.92. The maximum absolute atomic E-state index is 12.3. The van der Waals surface area contributed by atoms with Crippen LogP contribution in [0.4, 0.5) is 18.9 Å². The molecule has 9 heteroatoms. The molecule has 0 heterocycles. The normalized spacial score (nSPS) is 11.3. The quantitative estimate of drug-likeness (QED) is 0.581. The summed E-state index contributed by atoms with van der Waals surface area (Å²) in [6.07, 6.45) is -4.37. The Kier molecular flexibility index (Phi) is 6.51. The summed E-state index contributed by atoms with van der Waals surface area (Å²) in [6, 6.07) is 10.9. The van der Waals surface area contributed by atoms with Crippen molar-refractivity contribution in [2.24, 2.45) is 0 Å². The van der Waals surface area contributed by atoms with Crippen molar-refractivity contribution in [3.63, 3.8) is 0 Å². The van der Waals surface area contributed by atoms with Gasteiger partial charge in [0.25, 0.3) is 11.6 Å². The highest BCUT2D eigenvalue weighted by Crippen LogP contribution is 2.23. The Morgan fingerprint density at radius 1 is 1.15 bits per heavy atom. The van der Waals surface area contributed by atoms with Crippen molar-refractivity contribution in [3.05, 3.63) is 74.8 Å². The highest BCUT2D eigenvalue weighted by atomic mass is 19.4. The van der Waals surface area contributed by atoms with Gasteiger partial charge >= 0.3 is 6.18 Å². The smallest absolute Gasteiger partial charge is 0.367 e. The molecule has 1 N–H and O–H groups in total. The van der Waals surface area contributed by atoms with Gasteiger partial charge in [0.2, 0.25) is 0 Å². The number of nitro groups is 1. The molecule has 2 rings (SSSR count). The molecule has 0 aliphatic rings. The number of para-hydroxylation sites is 1. The van der Waals surface area contributed by atoms with Crippen molar-refractivity contribution < 1.29 is 27.6 Å². The Morgan fingerprint density at radius 3 is 2.37 bits per heavy atom. The van der Waals surface area contributed by atoms with Crippen LogP contribution in [0.5, 0.6) is 0 Å². The molecule has 2 aromatic carbocycles. The molecule has 0 aliphatic carbocycles. The molecule has 2 aromatic rings. The molecular weight excluding hydrogens is 365 g/mol. The van der Waals surface area contributed by atoms with Crippen LogP contribution in [-0.4, -0.2) is 23.6 Å². The zero-order chi connectivity index (χ0) is 20.0. The van der Waals surface area contributed by atoms with E-state index in [9.17, 15) is 28.1 Å². The van der Waals surface area contributed by atoms with E-state index in [1.165, 1.54) is 6.07 Å². The van der Waals surface area contributed by atoms with E-state index in [0.717, 1.165) is 0 Å². The fourth-order valence-corrected chi connectivity index (χ4v) is 2.40. The number of benzene rings is 2. The molecule has 0 saturated carbocycles.